The monoisotopic (exact) mass is 405 g/mol. The number of aromatic nitrogens is 2. The second-order valence-corrected chi connectivity index (χ2v) is 7.23. The number of hydrogen-bond acceptors (Lipinski definition) is 6. The van der Waals surface area contributed by atoms with Crippen molar-refractivity contribution >= 4 is 28.7 Å². The van der Waals surface area contributed by atoms with E-state index in [1.54, 1.807) is 55.5 Å². The predicted molar refractivity (Wildman–Crippen MR) is 108 cm³/mol. The molecule has 2 atom stereocenters. The zero-order chi connectivity index (χ0) is 21.3. The van der Waals surface area contributed by atoms with Crippen LogP contribution < -0.4 is 10.9 Å². The summed E-state index contributed by atoms with van der Waals surface area (Å²) in [4.78, 5) is 54.7. The SMILES string of the molecule is CC(OC(=O)c1ccc(CC2CC(=O)NC2=O)cc1)c1nc2ccccc2c(=O)[nH]1. The van der Waals surface area contributed by atoms with Gasteiger partial charge in [-0.1, -0.05) is 24.3 Å². The number of imide groups is 1. The first-order chi connectivity index (χ1) is 14.4. The molecule has 0 saturated carbocycles. The molecule has 0 spiro atoms. The van der Waals surface area contributed by atoms with E-state index in [-0.39, 0.29) is 35.5 Å². The summed E-state index contributed by atoms with van der Waals surface area (Å²) in [5.41, 5.74) is 1.41. The standard InChI is InChI=1S/C22H19N3O5/c1-12(19-23-17-5-3-2-4-16(17)21(28)25-19)30-22(29)14-8-6-13(7-9-14)10-15-11-18(26)24-20(15)27/h2-9,12,15H,10-11H2,1H3,(H,23,25,28)(H,24,26,27). The van der Waals surface area contributed by atoms with Gasteiger partial charge in [0, 0.05) is 6.42 Å². The minimum absolute atomic E-state index is 0.178. The molecule has 8 nitrogen and oxygen atoms in total. The van der Waals surface area contributed by atoms with E-state index in [1.165, 1.54) is 0 Å². The lowest BCUT2D eigenvalue weighted by atomic mass is 9.97. The molecule has 1 aliphatic rings. The van der Waals surface area contributed by atoms with Crippen LogP contribution in [-0.2, 0) is 20.7 Å². The Morgan fingerprint density at radius 1 is 1.13 bits per heavy atom. The number of amides is 2. The van der Waals surface area contributed by atoms with Gasteiger partial charge in [-0.05, 0) is 43.2 Å². The van der Waals surface area contributed by atoms with E-state index in [0.717, 1.165) is 5.56 Å². The third-order valence-corrected chi connectivity index (χ3v) is 5.04. The van der Waals surface area contributed by atoms with E-state index < -0.39 is 12.1 Å². The van der Waals surface area contributed by atoms with Crippen molar-refractivity contribution in [3.05, 3.63) is 75.8 Å². The topological polar surface area (TPSA) is 118 Å². The van der Waals surface area contributed by atoms with Gasteiger partial charge in [-0.15, -0.1) is 0 Å². The van der Waals surface area contributed by atoms with Crippen LogP contribution in [0.2, 0.25) is 0 Å². The van der Waals surface area contributed by atoms with Gasteiger partial charge in [0.2, 0.25) is 11.8 Å². The Balaban J connectivity index is 1.44. The summed E-state index contributed by atoms with van der Waals surface area (Å²) in [6.45, 7) is 1.63. The van der Waals surface area contributed by atoms with E-state index in [9.17, 15) is 19.2 Å². The molecular weight excluding hydrogens is 386 g/mol. The molecule has 1 saturated heterocycles. The Hall–Kier alpha value is -3.81. The minimum atomic E-state index is -0.748. The molecule has 0 aliphatic carbocycles. The van der Waals surface area contributed by atoms with Crippen LogP contribution in [0.3, 0.4) is 0 Å². The summed E-state index contributed by atoms with van der Waals surface area (Å²) in [6, 6.07) is 13.6. The van der Waals surface area contributed by atoms with Gasteiger partial charge >= 0.3 is 5.97 Å². The number of carbonyl (C=O) groups excluding carboxylic acids is 3. The van der Waals surface area contributed by atoms with E-state index >= 15 is 0 Å². The summed E-state index contributed by atoms with van der Waals surface area (Å²) < 4.78 is 5.45. The number of carbonyl (C=O) groups is 3. The van der Waals surface area contributed by atoms with Crippen LogP contribution in [0.25, 0.3) is 10.9 Å². The highest BCUT2D eigenvalue weighted by Crippen LogP contribution is 2.20. The number of hydrogen-bond donors (Lipinski definition) is 2. The van der Waals surface area contributed by atoms with Crippen LogP contribution in [0.1, 0.15) is 41.2 Å². The number of benzene rings is 2. The molecule has 1 fully saturated rings. The predicted octanol–water partition coefficient (Wildman–Crippen LogP) is 2.05. The molecule has 3 aromatic rings. The first kappa shape index (κ1) is 19.5. The number of fused-ring (bicyclic) bond motifs is 1. The van der Waals surface area contributed by atoms with Crippen molar-refractivity contribution in [3.8, 4) is 0 Å². The molecule has 2 unspecified atom stereocenters. The lowest BCUT2D eigenvalue weighted by molar-refractivity contribution is -0.125. The Kier molecular flexibility index (Phi) is 5.14. The molecule has 30 heavy (non-hydrogen) atoms. The molecular formula is C22H19N3O5. The largest absolute Gasteiger partial charge is 0.451 e. The van der Waals surface area contributed by atoms with Gasteiger partial charge in [0.15, 0.2) is 11.9 Å². The van der Waals surface area contributed by atoms with Gasteiger partial charge in [0.25, 0.3) is 5.56 Å². The van der Waals surface area contributed by atoms with Gasteiger partial charge in [-0.25, -0.2) is 9.78 Å². The van der Waals surface area contributed by atoms with E-state index in [1.807, 2.05) is 0 Å². The molecule has 1 aliphatic heterocycles. The molecule has 2 heterocycles. The molecule has 2 N–H and O–H groups in total. The molecule has 2 amide bonds. The zero-order valence-electron chi connectivity index (χ0n) is 16.2. The highest BCUT2D eigenvalue weighted by atomic mass is 16.5. The zero-order valence-corrected chi connectivity index (χ0v) is 16.2. The summed E-state index contributed by atoms with van der Waals surface area (Å²) in [7, 11) is 0. The molecule has 2 aromatic carbocycles. The second-order valence-electron chi connectivity index (χ2n) is 7.23. The maximum atomic E-state index is 12.5. The third kappa shape index (κ3) is 3.98. The number of para-hydroxylation sites is 1. The highest BCUT2D eigenvalue weighted by Gasteiger charge is 2.30. The van der Waals surface area contributed by atoms with Crippen LogP contribution in [0.4, 0.5) is 0 Å². The van der Waals surface area contributed by atoms with E-state index in [2.05, 4.69) is 15.3 Å². The van der Waals surface area contributed by atoms with E-state index in [4.69, 9.17) is 4.74 Å². The smallest absolute Gasteiger partial charge is 0.338 e. The number of rotatable bonds is 5. The quantitative estimate of drug-likeness (QED) is 0.495. The van der Waals surface area contributed by atoms with Crippen LogP contribution in [0.5, 0.6) is 0 Å². The van der Waals surface area contributed by atoms with Gasteiger partial charge in [0.1, 0.15) is 0 Å². The summed E-state index contributed by atoms with van der Waals surface area (Å²) in [6.07, 6.45) is -0.148. The van der Waals surface area contributed by atoms with E-state index in [0.29, 0.717) is 22.9 Å². The fourth-order valence-electron chi connectivity index (χ4n) is 3.41. The first-order valence-corrected chi connectivity index (χ1v) is 9.53. The number of aromatic amines is 1. The lowest BCUT2D eigenvalue weighted by Gasteiger charge is -2.13. The van der Waals surface area contributed by atoms with Crippen molar-refractivity contribution in [2.75, 3.05) is 0 Å². The molecule has 8 heteroatoms. The number of H-pyrrole nitrogens is 1. The van der Waals surface area contributed by atoms with Crippen molar-refractivity contribution in [2.45, 2.75) is 25.9 Å². The van der Waals surface area contributed by atoms with Gasteiger partial charge in [0.05, 0.1) is 22.4 Å². The van der Waals surface area contributed by atoms with Crippen molar-refractivity contribution in [2.24, 2.45) is 5.92 Å². The molecule has 4 rings (SSSR count). The number of ether oxygens (including phenoxy) is 1. The molecule has 0 bridgehead atoms. The van der Waals surface area contributed by atoms with Crippen molar-refractivity contribution in [1.82, 2.24) is 15.3 Å². The van der Waals surface area contributed by atoms with Crippen molar-refractivity contribution in [1.29, 1.82) is 0 Å². The van der Waals surface area contributed by atoms with Crippen LogP contribution in [-0.4, -0.2) is 27.8 Å². The van der Waals surface area contributed by atoms with Crippen LogP contribution in [0, 0.1) is 5.92 Å². The normalized spacial score (nSPS) is 17.0. The fourth-order valence-corrected chi connectivity index (χ4v) is 3.41. The number of nitrogens with zero attached hydrogens (tertiary/aromatic N) is 1. The Labute approximate surface area is 171 Å². The van der Waals surface area contributed by atoms with Gasteiger partial charge in [-0.2, -0.15) is 0 Å². The maximum Gasteiger partial charge on any atom is 0.338 e. The van der Waals surface area contributed by atoms with Gasteiger partial charge in [-0.3, -0.25) is 19.7 Å². The number of nitrogens with one attached hydrogen (secondary N) is 2. The maximum absolute atomic E-state index is 12.5. The first-order valence-electron chi connectivity index (χ1n) is 9.53. The minimum Gasteiger partial charge on any atom is -0.451 e. The van der Waals surface area contributed by atoms with Crippen molar-refractivity contribution in [3.63, 3.8) is 0 Å². The Bertz CT molecular complexity index is 1200. The van der Waals surface area contributed by atoms with Crippen LogP contribution >= 0.6 is 0 Å². The molecule has 0 radical (unpaired) electrons. The average Bonchev–Trinajstić information content (AvgIpc) is 3.05. The molecule has 1 aromatic heterocycles. The lowest BCUT2D eigenvalue weighted by Crippen LogP contribution is -2.22. The second kappa shape index (κ2) is 7.90. The number of esters is 1. The summed E-state index contributed by atoms with van der Waals surface area (Å²) >= 11 is 0. The summed E-state index contributed by atoms with van der Waals surface area (Å²) in [5.74, 6) is -1.21. The molecule has 152 valence electrons. The summed E-state index contributed by atoms with van der Waals surface area (Å²) in [5, 5.41) is 2.75. The van der Waals surface area contributed by atoms with Crippen LogP contribution in [0.15, 0.2) is 53.3 Å². The Morgan fingerprint density at radius 3 is 2.57 bits per heavy atom. The van der Waals surface area contributed by atoms with Gasteiger partial charge < -0.3 is 9.72 Å². The van der Waals surface area contributed by atoms with Crippen molar-refractivity contribution < 1.29 is 19.1 Å². The average molecular weight is 405 g/mol. The Morgan fingerprint density at radius 2 is 1.87 bits per heavy atom. The fraction of sp³-hybridized carbons (Fsp3) is 0.227. The highest BCUT2D eigenvalue weighted by molar-refractivity contribution is 6.03. The third-order valence-electron chi connectivity index (χ3n) is 5.04.